The number of aromatic nitrogens is 1. The van der Waals surface area contributed by atoms with E-state index >= 15 is 0 Å². The number of hydrogen-bond acceptors (Lipinski definition) is 8. The van der Waals surface area contributed by atoms with E-state index in [1.807, 2.05) is 48.5 Å². The molecule has 0 saturated carbocycles. The lowest BCUT2D eigenvalue weighted by Gasteiger charge is -2.21. The van der Waals surface area contributed by atoms with Crippen molar-refractivity contribution >= 4 is 46.0 Å². The summed E-state index contributed by atoms with van der Waals surface area (Å²) in [5.41, 5.74) is 2.33. The molecule has 2 atom stereocenters. The summed E-state index contributed by atoms with van der Waals surface area (Å²) in [7, 11) is 1.64. The van der Waals surface area contributed by atoms with Gasteiger partial charge >= 0.3 is 6.09 Å². The lowest BCUT2D eigenvalue weighted by Crippen LogP contribution is -2.34. The number of rotatable bonds is 7. The molecule has 2 amide bonds. The molecule has 192 valence electrons. The number of nitrogens with zero attached hydrogens (tertiary/aromatic N) is 3. The van der Waals surface area contributed by atoms with Gasteiger partial charge in [-0.15, -0.1) is 11.8 Å². The number of thioether (sulfide) groups is 1. The molecule has 0 radical (unpaired) electrons. The molecule has 0 spiro atoms. The van der Waals surface area contributed by atoms with Gasteiger partial charge in [-0.05, 0) is 49.4 Å². The molecule has 2 aromatic carbocycles. The number of amides is 2. The molecular weight excluding hydrogens is 492 g/mol. The first-order valence-electron chi connectivity index (χ1n) is 12.4. The summed E-state index contributed by atoms with van der Waals surface area (Å²) >= 11 is 1.50. The van der Waals surface area contributed by atoms with Gasteiger partial charge in [0.25, 0.3) is 0 Å². The Bertz CT molecular complexity index is 1350. The minimum Gasteiger partial charge on any atom is -0.497 e. The third-order valence-electron chi connectivity index (χ3n) is 6.95. The number of ether oxygens (including phenoxy) is 3. The van der Waals surface area contributed by atoms with Crippen LogP contribution in [0.4, 0.5) is 16.2 Å². The van der Waals surface area contributed by atoms with Gasteiger partial charge in [-0.1, -0.05) is 0 Å². The molecule has 4 heterocycles. The maximum absolute atomic E-state index is 12.6. The molecule has 1 N–H and O–H groups in total. The van der Waals surface area contributed by atoms with Crippen LogP contribution in [0.25, 0.3) is 10.9 Å². The predicted octanol–water partition coefficient (Wildman–Crippen LogP) is 4.01. The van der Waals surface area contributed by atoms with Crippen molar-refractivity contribution in [3.63, 3.8) is 0 Å². The van der Waals surface area contributed by atoms with Crippen molar-refractivity contribution < 1.29 is 23.8 Å². The maximum atomic E-state index is 12.6. The third kappa shape index (κ3) is 5.17. The van der Waals surface area contributed by atoms with Crippen LogP contribution in [0.3, 0.4) is 0 Å². The largest absolute Gasteiger partial charge is 0.497 e. The van der Waals surface area contributed by atoms with E-state index in [1.54, 1.807) is 12.0 Å². The second-order valence-electron chi connectivity index (χ2n) is 9.57. The zero-order chi connectivity index (χ0) is 25.4. The fraction of sp³-hybridized carbons (Fsp3) is 0.370. The number of carbonyl (C=O) groups is 2. The molecule has 2 fully saturated rings. The van der Waals surface area contributed by atoms with Gasteiger partial charge in [0.15, 0.2) is 0 Å². The third-order valence-corrected chi connectivity index (χ3v) is 8.03. The molecule has 37 heavy (non-hydrogen) atoms. The first kappa shape index (κ1) is 23.9. The number of methoxy groups -OCH3 is 1. The fourth-order valence-electron chi connectivity index (χ4n) is 5.06. The number of likely N-dealkylation sites (tertiary alicyclic amines) is 1. The Hall–Kier alpha value is -3.50. The van der Waals surface area contributed by atoms with Crippen molar-refractivity contribution in [3.05, 3.63) is 48.5 Å². The van der Waals surface area contributed by atoms with E-state index in [2.05, 4.69) is 15.2 Å². The van der Waals surface area contributed by atoms with Crippen LogP contribution in [0.2, 0.25) is 0 Å². The average molecular weight is 521 g/mol. The van der Waals surface area contributed by atoms with Gasteiger partial charge in [-0.25, -0.2) is 9.78 Å². The summed E-state index contributed by atoms with van der Waals surface area (Å²) in [6.07, 6.45) is 0.468. The van der Waals surface area contributed by atoms with Gasteiger partial charge in [-0.3, -0.25) is 14.6 Å². The van der Waals surface area contributed by atoms with Crippen molar-refractivity contribution in [1.29, 1.82) is 0 Å². The summed E-state index contributed by atoms with van der Waals surface area (Å²) < 4.78 is 17.0. The molecule has 3 aromatic rings. The number of fused-ring (bicyclic) bond motifs is 2. The summed E-state index contributed by atoms with van der Waals surface area (Å²) in [5, 5.41) is 3.92. The lowest BCUT2D eigenvalue weighted by atomic mass is 10.1. The second-order valence-corrected chi connectivity index (χ2v) is 10.6. The topological polar surface area (TPSA) is 93.2 Å². The molecule has 9 nitrogen and oxygen atoms in total. The van der Waals surface area contributed by atoms with Crippen LogP contribution in [0.5, 0.6) is 11.6 Å². The predicted molar refractivity (Wildman–Crippen MR) is 142 cm³/mol. The average Bonchev–Trinajstić information content (AvgIpc) is 3.52. The maximum Gasteiger partial charge on any atom is 0.414 e. The smallest absolute Gasteiger partial charge is 0.414 e. The van der Waals surface area contributed by atoms with E-state index in [9.17, 15) is 9.59 Å². The number of anilines is 2. The Labute approximate surface area is 219 Å². The van der Waals surface area contributed by atoms with Crippen LogP contribution in [0.15, 0.2) is 53.4 Å². The molecule has 0 aliphatic carbocycles. The van der Waals surface area contributed by atoms with Crippen LogP contribution in [-0.4, -0.2) is 73.6 Å². The first-order chi connectivity index (χ1) is 18.0. The fourth-order valence-corrected chi connectivity index (χ4v) is 5.85. The molecule has 0 unspecified atom stereocenters. The quantitative estimate of drug-likeness (QED) is 0.500. The number of carbonyl (C=O) groups excluding carboxylic acids is 2. The molecule has 2 saturated heterocycles. The van der Waals surface area contributed by atoms with Crippen molar-refractivity contribution in [2.45, 2.75) is 17.4 Å². The van der Waals surface area contributed by atoms with Crippen LogP contribution in [0.1, 0.15) is 6.42 Å². The zero-order valence-electron chi connectivity index (χ0n) is 20.5. The van der Waals surface area contributed by atoms with Crippen LogP contribution in [0, 0.1) is 5.92 Å². The number of hydrogen-bond donors (Lipinski definition) is 1. The molecule has 6 rings (SSSR count). The molecule has 3 aliphatic rings. The van der Waals surface area contributed by atoms with Gasteiger partial charge in [-0.2, -0.15) is 0 Å². The molecule has 1 aromatic heterocycles. The number of pyridine rings is 1. The normalized spacial score (nSPS) is 21.6. The van der Waals surface area contributed by atoms with Gasteiger partial charge in [0, 0.05) is 47.1 Å². The van der Waals surface area contributed by atoms with Gasteiger partial charge in [0.05, 0.1) is 37.2 Å². The van der Waals surface area contributed by atoms with E-state index in [1.165, 1.54) is 11.8 Å². The molecule has 3 aliphatic heterocycles. The summed E-state index contributed by atoms with van der Waals surface area (Å²) in [6.45, 7) is 3.59. The first-order valence-corrected chi connectivity index (χ1v) is 13.4. The van der Waals surface area contributed by atoms with E-state index < -0.39 is 0 Å². The van der Waals surface area contributed by atoms with E-state index in [4.69, 9.17) is 14.2 Å². The number of benzene rings is 2. The second kappa shape index (κ2) is 10.1. The van der Waals surface area contributed by atoms with E-state index in [0.717, 1.165) is 52.4 Å². The highest BCUT2D eigenvalue weighted by molar-refractivity contribution is 8.00. The SMILES string of the molecule is COc1ccc2ccc(OC[C@@H]3CCN(C[C@@H]4CN(c5ccc6c(c5)NC(=O)CS6)C(=O)O4)C3)nc2c1. The van der Waals surface area contributed by atoms with Crippen molar-refractivity contribution in [1.82, 2.24) is 9.88 Å². The van der Waals surface area contributed by atoms with Crippen molar-refractivity contribution in [2.75, 3.05) is 55.9 Å². The highest BCUT2D eigenvalue weighted by atomic mass is 32.2. The minimum atomic E-state index is -0.349. The van der Waals surface area contributed by atoms with Crippen molar-refractivity contribution in [2.24, 2.45) is 5.92 Å². The van der Waals surface area contributed by atoms with Crippen molar-refractivity contribution in [3.8, 4) is 11.6 Å². The highest BCUT2D eigenvalue weighted by Gasteiger charge is 2.35. The molecule has 0 bridgehead atoms. The number of nitrogens with one attached hydrogen (secondary N) is 1. The van der Waals surface area contributed by atoms with Crippen LogP contribution >= 0.6 is 11.8 Å². The lowest BCUT2D eigenvalue weighted by molar-refractivity contribution is -0.113. The Morgan fingerprint density at radius 3 is 2.92 bits per heavy atom. The molecule has 10 heteroatoms. The zero-order valence-corrected chi connectivity index (χ0v) is 21.3. The minimum absolute atomic E-state index is 0.0271. The monoisotopic (exact) mass is 520 g/mol. The van der Waals surface area contributed by atoms with Crippen LogP contribution < -0.4 is 19.7 Å². The summed E-state index contributed by atoms with van der Waals surface area (Å²) in [4.78, 5) is 34.0. The van der Waals surface area contributed by atoms with Gasteiger partial charge in [0.1, 0.15) is 11.9 Å². The Morgan fingerprint density at radius 1 is 1.14 bits per heavy atom. The summed E-state index contributed by atoms with van der Waals surface area (Å²) in [6, 6.07) is 15.4. The van der Waals surface area contributed by atoms with Gasteiger partial charge < -0.3 is 19.5 Å². The van der Waals surface area contributed by atoms with E-state index in [-0.39, 0.29) is 18.1 Å². The van der Waals surface area contributed by atoms with Gasteiger partial charge in [0.2, 0.25) is 11.8 Å². The highest BCUT2D eigenvalue weighted by Crippen LogP contribution is 2.35. The Morgan fingerprint density at radius 2 is 2.03 bits per heavy atom. The number of cyclic esters (lactones) is 1. The summed E-state index contributed by atoms with van der Waals surface area (Å²) in [5.74, 6) is 2.15. The van der Waals surface area contributed by atoms with E-state index in [0.29, 0.717) is 37.2 Å². The Balaban J connectivity index is 1.01. The Kier molecular flexibility index (Phi) is 6.52. The standard InChI is InChI=1S/C27H28N4O5S/c1-34-20-5-2-18-3-7-26(29-22(18)11-20)35-15-17-8-9-30(12-17)13-21-14-31(27(33)36-21)19-4-6-24-23(10-19)28-25(32)16-37-24/h2-7,10-11,17,21H,8-9,12-16H2,1H3,(H,28,32)/t17-,21-/m1/s1. The van der Waals surface area contributed by atoms with Crippen LogP contribution in [-0.2, 0) is 9.53 Å². The molecular formula is C27H28N4O5S.